The lowest BCUT2D eigenvalue weighted by Gasteiger charge is -2.37. The molecule has 0 aromatic rings. The van der Waals surface area contributed by atoms with Gasteiger partial charge >= 0.3 is 0 Å². The van der Waals surface area contributed by atoms with E-state index in [9.17, 15) is 4.79 Å². The zero-order valence-corrected chi connectivity index (χ0v) is 7.88. The highest BCUT2D eigenvalue weighted by Crippen LogP contribution is 2.42. The predicted octanol–water partition coefficient (Wildman–Crippen LogP) is 2.96. The molecule has 0 saturated heterocycles. The predicted molar refractivity (Wildman–Crippen MR) is 50.9 cm³/mol. The standard InChI is InChI=1S/C11H18O/c1-3-10-7-5-6-8-11(10,4-2)9-12/h3,9-10H,1,4-8H2,2H3. The molecule has 0 amide bonds. The van der Waals surface area contributed by atoms with E-state index in [0.717, 1.165) is 19.3 Å². The largest absolute Gasteiger partial charge is 0.303 e. The van der Waals surface area contributed by atoms with Gasteiger partial charge in [0.05, 0.1) is 0 Å². The average Bonchev–Trinajstić information content (AvgIpc) is 2.17. The molecule has 1 saturated carbocycles. The highest BCUT2D eigenvalue weighted by atomic mass is 16.1. The molecule has 1 rings (SSSR count). The van der Waals surface area contributed by atoms with Crippen molar-refractivity contribution in [1.29, 1.82) is 0 Å². The van der Waals surface area contributed by atoms with Crippen LogP contribution in [0, 0.1) is 11.3 Å². The van der Waals surface area contributed by atoms with Crippen LogP contribution in [0.1, 0.15) is 39.0 Å². The summed E-state index contributed by atoms with van der Waals surface area (Å²) in [4.78, 5) is 11.0. The zero-order valence-electron chi connectivity index (χ0n) is 7.88. The molecule has 2 unspecified atom stereocenters. The minimum absolute atomic E-state index is 0.0694. The van der Waals surface area contributed by atoms with Crippen molar-refractivity contribution >= 4 is 6.29 Å². The van der Waals surface area contributed by atoms with Crippen LogP contribution in [0.25, 0.3) is 0 Å². The van der Waals surface area contributed by atoms with Crippen LogP contribution in [0.15, 0.2) is 12.7 Å². The number of aldehydes is 1. The molecule has 1 aliphatic rings. The molecule has 0 spiro atoms. The van der Waals surface area contributed by atoms with Crippen LogP contribution in [-0.2, 0) is 4.79 Å². The molecule has 0 aromatic carbocycles. The van der Waals surface area contributed by atoms with Gasteiger partial charge in [0.25, 0.3) is 0 Å². The Morgan fingerprint density at radius 1 is 1.58 bits per heavy atom. The Kier molecular flexibility index (Phi) is 3.07. The molecule has 12 heavy (non-hydrogen) atoms. The molecule has 0 aromatic heterocycles. The third kappa shape index (κ3) is 1.45. The van der Waals surface area contributed by atoms with Crippen molar-refractivity contribution < 1.29 is 4.79 Å². The first-order valence-corrected chi connectivity index (χ1v) is 4.88. The number of hydrogen-bond acceptors (Lipinski definition) is 1. The second-order valence-corrected chi connectivity index (χ2v) is 3.79. The highest BCUT2D eigenvalue weighted by Gasteiger charge is 2.37. The van der Waals surface area contributed by atoms with Crippen molar-refractivity contribution in [2.24, 2.45) is 11.3 Å². The highest BCUT2D eigenvalue weighted by molar-refractivity contribution is 5.60. The smallest absolute Gasteiger partial charge is 0.126 e. The van der Waals surface area contributed by atoms with E-state index in [2.05, 4.69) is 13.5 Å². The van der Waals surface area contributed by atoms with Gasteiger partial charge in [0.1, 0.15) is 6.29 Å². The van der Waals surface area contributed by atoms with Crippen molar-refractivity contribution in [1.82, 2.24) is 0 Å². The maximum atomic E-state index is 11.0. The molecule has 1 heteroatoms. The molecule has 68 valence electrons. The summed E-state index contributed by atoms with van der Waals surface area (Å²) >= 11 is 0. The molecule has 1 fully saturated rings. The van der Waals surface area contributed by atoms with E-state index in [4.69, 9.17) is 0 Å². The fourth-order valence-electron chi connectivity index (χ4n) is 2.31. The van der Waals surface area contributed by atoms with E-state index in [1.165, 1.54) is 19.1 Å². The summed E-state index contributed by atoms with van der Waals surface area (Å²) < 4.78 is 0. The second-order valence-electron chi connectivity index (χ2n) is 3.79. The van der Waals surface area contributed by atoms with Crippen LogP contribution in [0.4, 0.5) is 0 Å². The maximum Gasteiger partial charge on any atom is 0.126 e. The van der Waals surface area contributed by atoms with Crippen LogP contribution in [0.2, 0.25) is 0 Å². The van der Waals surface area contributed by atoms with E-state index in [1.54, 1.807) is 0 Å². The molecule has 0 radical (unpaired) electrons. The Morgan fingerprint density at radius 2 is 2.33 bits per heavy atom. The third-order valence-corrected chi connectivity index (χ3v) is 3.32. The summed E-state index contributed by atoms with van der Waals surface area (Å²) in [6.07, 6.45) is 8.77. The molecule has 2 atom stereocenters. The minimum Gasteiger partial charge on any atom is -0.303 e. The fraction of sp³-hybridized carbons (Fsp3) is 0.727. The molecule has 0 aliphatic heterocycles. The second kappa shape index (κ2) is 3.88. The van der Waals surface area contributed by atoms with Crippen LogP contribution < -0.4 is 0 Å². The lowest BCUT2D eigenvalue weighted by Crippen LogP contribution is -2.33. The van der Waals surface area contributed by atoms with Crippen LogP contribution in [0.5, 0.6) is 0 Å². The van der Waals surface area contributed by atoms with Crippen molar-refractivity contribution in [3.8, 4) is 0 Å². The summed E-state index contributed by atoms with van der Waals surface area (Å²) in [5, 5.41) is 0. The molecule has 1 aliphatic carbocycles. The van der Waals surface area contributed by atoms with Crippen LogP contribution in [-0.4, -0.2) is 6.29 Å². The Hall–Kier alpha value is -0.590. The minimum atomic E-state index is -0.0694. The summed E-state index contributed by atoms with van der Waals surface area (Å²) in [6, 6.07) is 0. The molecule has 0 N–H and O–H groups in total. The van der Waals surface area contributed by atoms with Gasteiger partial charge < -0.3 is 4.79 Å². The number of rotatable bonds is 3. The maximum absolute atomic E-state index is 11.0. The van der Waals surface area contributed by atoms with Gasteiger partial charge in [-0.3, -0.25) is 0 Å². The Bertz CT molecular complexity index is 174. The van der Waals surface area contributed by atoms with E-state index in [0.29, 0.717) is 5.92 Å². The molecule has 0 bridgehead atoms. The normalized spacial score (nSPS) is 35.9. The first kappa shape index (κ1) is 9.50. The number of allylic oxidation sites excluding steroid dienone is 1. The van der Waals surface area contributed by atoms with Gasteiger partial charge in [0.2, 0.25) is 0 Å². The van der Waals surface area contributed by atoms with Gasteiger partial charge in [-0.25, -0.2) is 0 Å². The van der Waals surface area contributed by atoms with Crippen molar-refractivity contribution in [3.63, 3.8) is 0 Å². The van der Waals surface area contributed by atoms with E-state index in [1.807, 2.05) is 6.08 Å². The lowest BCUT2D eigenvalue weighted by atomic mass is 9.66. The molecule has 0 heterocycles. The van der Waals surface area contributed by atoms with Gasteiger partial charge in [-0.15, -0.1) is 6.58 Å². The molecular weight excluding hydrogens is 148 g/mol. The summed E-state index contributed by atoms with van der Waals surface area (Å²) in [7, 11) is 0. The number of carbonyl (C=O) groups is 1. The Balaban J connectivity index is 2.79. The van der Waals surface area contributed by atoms with Gasteiger partial charge in [-0.05, 0) is 25.2 Å². The third-order valence-electron chi connectivity index (χ3n) is 3.32. The van der Waals surface area contributed by atoms with E-state index >= 15 is 0 Å². The zero-order chi connectivity index (χ0) is 9.03. The summed E-state index contributed by atoms with van der Waals surface area (Å²) in [6.45, 7) is 5.92. The first-order valence-electron chi connectivity index (χ1n) is 4.88. The van der Waals surface area contributed by atoms with Crippen molar-refractivity contribution in [2.75, 3.05) is 0 Å². The SMILES string of the molecule is C=CC1CCCCC1(C=O)CC. The quantitative estimate of drug-likeness (QED) is 0.465. The van der Waals surface area contributed by atoms with Crippen LogP contribution in [0.3, 0.4) is 0 Å². The van der Waals surface area contributed by atoms with Crippen LogP contribution >= 0.6 is 0 Å². The monoisotopic (exact) mass is 166 g/mol. The van der Waals surface area contributed by atoms with Crippen molar-refractivity contribution in [3.05, 3.63) is 12.7 Å². The number of carbonyl (C=O) groups excluding carboxylic acids is 1. The van der Waals surface area contributed by atoms with Gasteiger partial charge in [-0.2, -0.15) is 0 Å². The van der Waals surface area contributed by atoms with Gasteiger partial charge in [0.15, 0.2) is 0 Å². The van der Waals surface area contributed by atoms with Crippen molar-refractivity contribution in [2.45, 2.75) is 39.0 Å². The Labute approximate surface area is 74.9 Å². The molecular formula is C11H18O. The topological polar surface area (TPSA) is 17.1 Å². The van der Waals surface area contributed by atoms with E-state index in [-0.39, 0.29) is 5.41 Å². The summed E-state index contributed by atoms with van der Waals surface area (Å²) in [5.41, 5.74) is -0.0694. The first-order chi connectivity index (χ1) is 5.79. The fourth-order valence-corrected chi connectivity index (χ4v) is 2.31. The number of hydrogen-bond donors (Lipinski definition) is 0. The average molecular weight is 166 g/mol. The Morgan fingerprint density at radius 3 is 2.75 bits per heavy atom. The van der Waals surface area contributed by atoms with E-state index < -0.39 is 0 Å². The van der Waals surface area contributed by atoms with Gasteiger partial charge in [-0.1, -0.05) is 25.8 Å². The molecule has 1 nitrogen and oxygen atoms in total. The van der Waals surface area contributed by atoms with Gasteiger partial charge in [0, 0.05) is 5.41 Å². The summed E-state index contributed by atoms with van der Waals surface area (Å²) in [5.74, 6) is 0.425. The lowest BCUT2D eigenvalue weighted by molar-refractivity contribution is -0.120.